The van der Waals surface area contributed by atoms with E-state index in [4.69, 9.17) is 4.74 Å². The van der Waals surface area contributed by atoms with Gasteiger partial charge in [0.15, 0.2) is 5.82 Å². The van der Waals surface area contributed by atoms with Crippen molar-refractivity contribution in [1.82, 2.24) is 9.97 Å². The van der Waals surface area contributed by atoms with Gasteiger partial charge in [0.05, 0.1) is 18.9 Å². The highest BCUT2D eigenvalue weighted by molar-refractivity contribution is 5.60. The van der Waals surface area contributed by atoms with E-state index in [1.165, 1.54) is 12.1 Å². The van der Waals surface area contributed by atoms with Crippen LogP contribution in [0.2, 0.25) is 0 Å². The summed E-state index contributed by atoms with van der Waals surface area (Å²) < 4.78 is 32.0. The zero-order valence-corrected chi connectivity index (χ0v) is 10.9. The Hall–Kier alpha value is -2.08. The zero-order chi connectivity index (χ0) is 14.1. The van der Waals surface area contributed by atoms with Crippen LogP contribution in [0, 0.1) is 11.6 Å². The first-order chi connectivity index (χ1) is 9.67. The van der Waals surface area contributed by atoms with E-state index >= 15 is 0 Å². The molecule has 0 unspecified atom stereocenters. The number of benzene rings is 1. The van der Waals surface area contributed by atoms with E-state index in [9.17, 15) is 8.78 Å². The number of ether oxygens (including phenoxy) is 1. The number of hydrogen-bond donors (Lipinski definition) is 1. The van der Waals surface area contributed by atoms with Crippen molar-refractivity contribution < 1.29 is 13.5 Å². The van der Waals surface area contributed by atoms with Crippen LogP contribution in [0.25, 0.3) is 11.4 Å². The van der Waals surface area contributed by atoms with Gasteiger partial charge >= 0.3 is 0 Å². The Bertz CT molecular complexity index is 624. The monoisotopic (exact) mass is 277 g/mol. The molecule has 0 bridgehead atoms. The average molecular weight is 277 g/mol. The molecular formula is C14H13F2N3O. The molecule has 1 aliphatic rings. The number of anilines is 1. The van der Waals surface area contributed by atoms with Crippen molar-refractivity contribution in [2.75, 3.05) is 19.0 Å². The van der Waals surface area contributed by atoms with Gasteiger partial charge in [-0.3, -0.25) is 0 Å². The molecule has 0 atom stereocenters. The van der Waals surface area contributed by atoms with Gasteiger partial charge in [0.25, 0.3) is 0 Å². The van der Waals surface area contributed by atoms with Gasteiger partial charge in [0.1, 0.15) is 17.5 Å². The normalized spacial score (nSPS) is 13.9. The average Bonchev–Trinajstić information content (AvgIpc) is 2.45. The van der Waals surface area contributed by atoms with Crippen molar-refractivity contribution in [3.05, 3.63) is 41.1 Å². The van der Waals surface area contributed by atoms with Crippen molar-refractivity contribution in [3.8, 4) is 11.4 Å². The van der Waals surface area contributed by atoms with Gasteiger partial charge in [-0.1, -0.05) is 0 Å². The van der Waals surface area contributed by atoms with Gasteiger partial charge in [-0.25, -0.2) is 18.7 Å². The topological polar surface area (TPSA) is 47.0 Å². The predicted octanol–water partition coefficient (Wildman–Crippen LogP) is 2.54. The summed E-state index contributed by atoms with van der Waals surface area (Å²) in [6, 6.07) is 3.28. The molecule has 2 heterocycles. The Kier molecular flexibility index (Phi) is 3.31. The number of halogens is 2. The van der Waals surface area contributed by atoms with E-state index in [1.54, 1.807) is 7.05 Å². The van der Waals surface area contributed by atoms with Crippen LogP contribution >= 0.6 is 0 Å². The number of nitrogens with one attached hydrogen (secondary N) is 1. The lowest BCUT2D eigenvalue weighted by Crippen LogP contribution is -2.16. The zero-order valence-electron chi connectivity index (χ0n) is 10.9. The van der Waals surface area contributed by atoms with E-state index < -0.39 is 11.6 Å². The summed E-state index contributed by atoms with van der Waals surface area (Å²) in [4.78, 5) is 8.73. The third-order valence-corrected chi connectivity index (χ3v) is 3.18. The Morgan fingerprint density at radius 1 is 1.15 bits per heavy atom. The minimum atomic E-state index is -0.643. The van der Waals surface area contributed by atoms with E-state index in [0.717, 1.165) is 17.3 Å². The lowest BCUT2D eigenvalue weighted by atomic mass is 10.1. The van der Waals surface area contributed by atoms with E-state index in [2.05, 4.69) is 15.3 Å². The number of hydrogen-bond acceptors (Lipinski definition) is 4. The molecule has 0 amide bonds. The Morgan fingerprint density at radius 3 is 2.60 bits per heavy atom. The fourth-order valence-corrected chi connectivity index (χ4v) is 2.25. The number of rotatable bonds is 2. The maximum atomic E-state index is 13.3. The van der Waals surface area contributed by atoms with Crippen LogP contribution in [0.3, 0.4) is 0 Å². The van der Waals surface area contributed by atoms with Crippen LogP contribution in [-0.4, -0.2) is 23.6 Å². The molecule has 0 radical (unpaired) electrons. The van der Waals surface area contributed by atoms with Gasteiger partial charge in [-0.05, 0) is 12.1 Å². The molecule has 1 N–H and O–H groups in total. The van der Waals surface area contributed by atoms with E-state index in [1.807, 2.05) is 0 Å². The highest BCUT2D eigenvalue weighted by atomic mass is 19.1. The quantitative estimate of drug-likeness (QED) is 0.916. The molecule has 20 heavy (non-hydrogen) atoms. The van der Waals surface area contributed by atoms with Gasteiger partial charge in [-0.15, -0.1) is 0 Å². The third kappa shape index (κ3) is 2.34. The molecular weight excluding hydrogens is 264 g/mol. The fraction of sp³-hybridized carbons (Fsp3) is 0.286. The largest absolute Gasteiger partial charge is 0.376 e. The second-order valence-electron chi connectivity index (χ2n) is 4.53. The molecule has 2 aromatic rings. The maximum absolute atomic E-state index is 13.3. The molecule has 4 nitrogen and oxygen atoms in total. The first-order valence-electron chi connectivity index (χ1n) is 6.29. The van der Waals surface area contributed by atoms with Crippen molar-refractivity contribution >= 4 is 5.82 Å². The maximum Gasteiger partial charge on any atom is 0.161 e. The molecule has 0 saturated heterocycles. The summed E-state index contributed by atoms with van der Waals surface area (Å²) in [6.07, 6.45) is 0.664. The minimum absolute atomic E-state index is 0.313. The number of nitrogens with zero attached hydrogens (tertiary/aromatic N) is 2. The molecule has 1 aromatic carbocycles. The first-order valence-corrected chi connectivity index (χ1v) is 6.29. The molecule has 0 fully saturated rings. The molecule has 0 aliphatic carbocycles. The third-order valence-electron chi connectivity index (χ3n) is 3.18. The van der Waals surface area contributed by atoms with Crippen LogP contribution in [-0.2, 0) is 17.8 Å². The molecule has 104 valence electrons. The fourth-order valence-electron chi connectivity index (χ4n) is 2.25. The van der Waals surface area contributed by atoms with E-state index in [0.29, 0.717) is 36.8 Å². The van der Waals surface area contributed by atoms with Crippen LogP contribution in [0.15, 0.2) is 18.2 Å². The lowest BCUT2D eigenvalue weighted by molar-refractivity contribution is 0.109. The Balaban J connectivity index is 2.14. The highest BCUT2D eigenvalue weighted by Crippen LogP contribution is 2.26. The van der Waals surface area contributed by atoms with Crippen LogP contribution in [0.1, 0.15) is 11.3 Å². The van der Waals surface area contributed by atoms with Crippen molar-refractivity contribution in [1.29, 1.82) is 0 Å². The molecule has 0 spiro atoms. The van der Waals surface area contributed by atoms with Crippen molar-refractivity contribution in [3.63, 3.8) is 0 Å². The van der Waals surface area contributed by atoms with Crippen molar-refractivity contribution in [2.45, 2.75) is 13.0 Å². The minimum Gasteiger partial charge on any atom is -0.376 e. The molecule has 0 saturated carbocycles. The van der Waals surface area contributed by atoms with Gasteiger partial charge < -0.3 is 10.1 Å². The van der Waals surface area contributed by atoms with E-state index in [-0.39, 0.29) is 0 Å². The summed E-state index contributed by atoms with van der Waals surface area (Å²) in [6.45, 7) is 1.04. The molecule has 6 heteroatoms. The smallest absolute Gasteiger partial charge is 0.161 e. The first kappa shape index (κ1) is 12.9. The Labute approximate surface area is 114 Å². The second-order valence-corrected chi connectivity index (χ2v) is 4.53. The summed E-state index contributed by atoms with van der Waals surface area (Å²) in [7, 11) is 1.74. The van der Waals surface area contributed by atoms with Gasteiger partial charge in [-0.2, -0.15) is 0 Å². The standard InChI is InChI=1S/C14H13F2N3O/c1-17-14-11-7-20-3-2-12(11)18-13(19-14)8-4-9(15)6-10(16)5-8/h4-6H,2-3,7H2,1H3,(H,17,18,19). The van der Waals surface area contributed by atoms with Gasteiger partial charge in [0.2, 0.25) is 0 Å². The molecule has 3 rings (SSSR count). The highest BCUT2D eigenvalue weighted by Gasteiger charge is 2.18. The van der Waals surface area contributed by atoms with Crippen LogP contribution in [0.5, 0.6) is 0 Å². The summed E-state index contributed by atoms with van der Waals surface area (Å²) in [5.74, 6) is -0.339. The predicted molar refractivity (Wildman–Crippen MR) is 70.3 cm³/mol. The second kappa shape index (κ2) is 5.13. The van der Waals surface area contributed by atoms with Crippen LogP contribution in [0.4, 0.5) is 14.6 Å². The summed E-state index contributed by atoms with van der Waals surface area (Å²) in [5, 5.41) is 2.98. The van der Waals surface area contributed by atoms with Gasteiger partial charge in [0, 0.05) is 30.7 Å². The SMILES string of the molecule is CNc1nc(-c2cc(F)cc(F)c2)nc2c1COCC2. The Morgan fingerprint density at radius 2 is 1.90 bits per heavy atom. The number of aromatic nitrogens is 2. The molecule has 1 aromatic heterocycles. The summed E-state index contributed by atoms with van der Waals surface area (Å²) in [5.41, 5.74) is 2.09. The van der Waals surface area contributed by atoms with Crippen molar-refractivity contribution in [2.24, 2.45) is 0 Å². The summed E-state index contributed by atoms with van der Waals surface area (Å²) >= 11 is 0. The molecule has 1 aliphatic heterocycles. The lowest BCUT2D eigenvalue weighted by Gasteiger charge is -2.19. The van der Waals surface area contributed by atoms with Crippen LogP contribution < -0.4 is 5.32 Å². The number of fused-ring (bicyclic) bond motifs is 1.